The predicted octanol–water partition coefficient (Wildman–Crippen LogP) is 1.84. The zero-order valence-corrected chi connectivity index (χ0v) is 6.96. The van der Waals surface area contributed by atoms with Crippen LogP contribution in [0.5, 0.6) is 11.5 Å². The Labute approximate surface area is 70.4 Å². The molecule has 0 bridgehead atoms. The Morgan fingerprint density at radius 1 is 1.30 bits per heavy atom. The first-order chi connectivity index (χ1) is 4.63. The largest absolute Gasteiger partial charge is 0.507 e. The molecule has 0 saturated carbocycles. The van der Waals surface area contributed by atoms with Gasteiger partial charge in [-0.25, -0.2) is 4.39 Å². The van der Waals surface area contributed by atoms with Gasteiger partial charge < -0.3 is 10.2 Å². The topological polar surface area (TPSA) is 40.5 Å². The van der Waals surface area contributed by atoms with Crippen molar-refractivity contribution in [1.82, 2.24) is 0 Å². The SMILES string of the molecule is Oc1ccc(F)c(O)c1I. The third kappa shape index (κ3) is 1.16. The average molecular weight is 254 g/mol. The second kappa shape index (κ2) is 2.61. The van der Waals surface area contributed by atoms with Gasteiger partial charge in [-0.1, -0.05) is 0 Å². The Balaban J connectivity index is 3.34. The van der Waals surface area contributed by atoms with Crippen LogP contribution in [-0.4, -0.2) is 10.2 Å². The van der Waals surface area contributed by atoms with Crippen LogP contribution in [0.1, 0.15) is 0 Å². The van der Waals surface area contributed by atoms with Crippen LogP contribution in [0.4, 0.5) is 4.39 Å². The van der Waals surface area contributed by atoms with Gasteiger partial charge in [-0.2, -0.15) is 0 Å². The van der Waals surface area contributed by atoms with Gasteiger partial charge >= 0.3 is 0 Å². The summed E-state index contributed by atoms with van der Waals surface area (Å²) in [6, 6.07) is 2.20. The van der Waals surface area contributed by atoms with Crippen LogP contribution in [0.3, 0.4) is 0 Å². The minimum Gasteiger partial charge on any atom is -0.507 e. The number of phenolic OH excluding ortho intramolecular Hbond substituents is 2. The van der Waals surface area contributed by atoms with E-state index in [0.29, 0.717) is 0 Å². The Hall–Kier alpha value is -0.520. The van der Waals surface area contributed by atoms with E-state index in [2.05, 4.69) is 0 Å². The fraction of sp³-hybridized carbons (Fsp3) is 0. The first-order valence-electron chi connectivity index (χ1n) is 2.49. The van der Waals surface area contributed by atoms with Crippen molar-refractivity contribution in [3.05, 3.63) is 21.5 Å². The van der Waals surface area contributed by atoms with Gasteiger partial charge in [0, 0.05) is 0 Å². The van der Waals surface area contributed by atoms with Crippen LogP contribution < -0.4 is 0 Å². The number of hydrogen-bond donors (Lipinski definition) is 2. The molecule has 1 aromatic rings. The zero-order valence-electron chi connectivity index (χ0n) is 4.81. The third-order valence-corrected chi connectivity index (χ3v) is 2.11. The number of halogens is 2. The minimum absolute atomic E-state index is 0.112. The molecule has 10 heavy (non-hydrogen) atoms. The van der Waals surface area contributed by atoms with Gasteiger partial charge in [0.2, 0.25) is 0 Å². The van der Waals surface area contributed by atoms with Crippen LogP contribution in [0.15, 0.2) is 12.1 Å². The monoisotopic (exact) mass is 254 g/mol. The fourth-order valence-corrected chi connectivity index (χ4v) is 0.968. The van der Waals surface area contributed by atoms with Crippen molar-refractivity contribution in [2.75, 3.05) is 0 Å². The van der Waals surface area contributed by atoms with Crippen molar-refractivity contribution in [2.45, 2.75) is 0 Å². The molecule has 0 aliphatic heterocycles. The summed E-state index contributed by atoms with van der Waals surface area (Å²) in [5.41, 5.74) is 0. The molecule has 0 aromatic heterocycles. The van der Waals surface area contributed by atoms with Crippen molar-refractivity contribution in [2.24, 2.45) is 0 Å². The third-order valence-electron chi connectivity index (χ3n) is 1.05. The summed E-state index contributed by atoms with van der Waals surface area (Å²) >= 11 is 1.65. The number of aromatic hydroxyl groups is 2. The molecule has 0 saturated heterocycles. The molecule has 0 amide bonds. The van der Waals surface area contributed by atoms with Crippen molar-refractivity contribution in [3.63, 3.8) is 0 Å². The lowest BCUT2D eigenvalue weighted by atomic mass is 10.3. The summed E-state index contributed by atoms with van der Waals surface area (Å²) in [6.45, 7) is 0. The molecule has 2 N–H and O–H groups in total. The molecule has 1 rings (SSSR count). The normalized spacial score (nSPS) is 9.80. The minimum atomic E-state index is -0.720. The van der Waals surface area contributed by atoms with Gasteiger partial charge in [0.1, 0.15) is 5.75 Å². The molecule has 0 radical (unpaired) electrons. The van der Waals surface area contributed by atoms with E-state index < -0.39 is 11.6 Å². The molecule has 54 valence electrons. The van der Waals surface area contributed by atoms with Gasteiger partial charge in [-0.3, -0.25) is 0 Å². The highest BCUT2D eigenvalue weighted by Crippen LogP contribution is 2.30. The van der Waals surface area contributed by atoms with E-state index in [1.807, 2.05) is 0 Å². The van der Waals surface area contributed by atoms with Gasteiger partial charge in [0.05, 0.1) is 3.57 Å². The average Bonchev–Trinajstić information content (AvgIpc) is 1.93. The first kappa shape index (κ1) is 7.59. The summed E-state index contributed by atoms with van der Waals surface area (Å²) in [7, 11) is 0. The van der Waals surface area contributed by atoms with Gasteiger partial charge in [-0.15, -0.1) is 0 Å². The fourth-order valence-electron chi connectivity index (χ4n) is 0.530. The number of benzene rings is 1. The second-order valence-electron chi connectivity index (χ2n) is 1.73. The molecular weight excluding hydrogens is 250 g/mol. The lowest BCUT2D eigenvalue weighted by Crippen LogP contribution is -1.80. The molecule has 0 heterocycles. The summed E-state index contributed by atoms with van der Waals surface area (Å²) in [5, 5.41) is 17.7. The highest BCUT2D eigenvalue weighted by Gasteiger charge is 2.07. The van der Waals surface area contributed by atoms with Crippen LogP contribution in [0.2, 0.25) is 0 Å². The van der Waals surface area contributed by atoms with E-state index in [0.717, 1.165) is 6.07 Å². The molecule has 2 nitrogen and oxygen atoms in total. The predicted molar refractivity (Wildman–Crippen MR) is 42.4 cm³/mol. The quantitative estimate of drug-likeness (QED) is 0.693. The Morgan fingerprint density at radius 2 is 1.90 bits per heavy atom. The van der Waals surface area contributed by atoms with Crippen molar-refractivity contribution in [3.8, 4) is 11.5 Å². The van der Waals surface area contributed by atoms with Gasteiger partial charge in [0.15, 0.2) is 11.6 Å². The standard InChI is InChI=1S/C6H4FIO2/c7-3-1-2-4(9)5(8)6(3)10/h1-2,9-10H. The van der Waals surface area contributed by atoms with E-state index in [-0.39, 0.29) is 9.32 Å². The molecule has 0 atom stereocenters. The van der Waals surface area contributed by atoms with Crippen LogP contribution in [0, 0.1) is 9.39 Å². The summed E-state index contributed by atoms with van der Waals surface area (Å²) in [4.78, 5) is 0. The van der Waals surface area contributed by atoms with Crippen molar-refractivity contribution in [1.29, 1.82) is 0 Å². The summed E-state index contributed by atoms with van der Waals surface area (Å²) in [6.07, 6.45) is 0. The Kier molecular flexibility index (Phi) is 1.98. The molecule has 0 unspecified atom stereocenters. The smallest absolute Gasteiger partial charge is 0.168 e. The molecular formula is C6H4FIO2. The number of phenols is 2. The summed E-state index contributed by atoms with van der Waals surface area (Å²) < 4.78 is 12.5. The van der Waals surface area contributed by atoms with Crippen molar-refractivity contribution >= 4 is 22.6 Å². The maximum atomic E-state index is 12.4. The van der Waals surface area contributed by atoms with E-state index in [9.17, 15) is 4.39 Å². The maximum Gasteiger partial charge on any atom is 0.168 e. The van der Waals surface area contributed by atoms with Crippen LogP contribution >= 0.6 is 22.6 Å². The van der Waals surface area contributed by atoms with Gasteiger partial charge in [0.25, 0.3) is 0 Å². The first-order valence-corrected chi connectivity index (χ1v) is 3.56. The number of rotatable bonds is 0. The highest BCUT2D eigenvalue weighted by molar-refractivity contribution is 14.1. The summed E-state index contributed by atoms with van der Waals surface area (Å²) in [5.74, 6) is -1.33. The molecule has 0 aliphatic rings. The van der Waals surface area contributed by atoms with E-state index in [4.69, 9.17) is 10.2 Å². The number of hydrogen-bond acceptors (Lipinski definition) is 2. The molecule has 0 fully saturated rings. The van der Waals surface area contributed by atoms with E-state index in [1.165, 1.54) is 6.07 Å². The van der Waals surface area contributed by atoms with Gasteiger partial charge in [-0.05, 0) is 34.7 Å². The Morgan fingerprint density at radius 3 is 2.40 bits per heavy atom. The lowest BCUT2D eigenvalue weighted by molar-refractivity contribution is 0.413. The maximum absolute atomic E-state index is 12.4. The van der Waals surface area contributed by atoms with E-state index >= 15 is 0 Å². The lowest BCUT2D eigenvalue weighted by Gasteiger charge is -1.99. The molecule has 1 aromatic carbocycles. The van der Waals surface area contributed by atoms with Crippen molar-refractivity contribution < 1.29 is 14.6 Å². The highest BCUT2D eigenvalue weighted by atomic mass is 127. The second-order valence-corrected chi connectivity index (χ2v) is 2.81. The molecule has 4 heteroatoms. The van der Waals surface area contributed by atoms with E-state index in [1.54, 1.807) is 22.6 Å². The zero-order chi connectivity index (χ0) is 7.72. The van der Waals surface area contributed by atoms with Crippen LogP contribution in [-0.2, 0) is 0 Å². The Bertz CT molecular complexity index is 235. The van der Waals surface area contributed by atoms with Crippen LogP contribution in [0.25, 0.3) is 0 Å². The molecule has 0 aliphatic carbocycles. The molecule has 0 spiro atoms.